The zero-order chi connectivity index (χ0) is 16.4. The highest BCUT2D eigenvalue weighted by Gasteiger charge is 2.40. The molecule has 0 bridgehead atoms. The first-order valence-corrected chi connectivity index (χ1v) is 8.35. The molecule has 0 saturated carbocycles. The van der Waals surface area contributed by atoms with Crippen molar-refractivity contribution in [3.8, 4) is 6.07 Å². The molecule has 0 radical (unpaired) electrons. The van der Waals surface area contributed by atoms with E-state index < -0.39 is 0 Å². The van der Waals surface area contributed by atoms with Crippen molar-refractivity contribution < 1.29 is 4.74 Å². The molecular formula is C19H20N4O. The Kier molecular flexibility index (Phi) is 4.16. The van der Waals surface area contributed by atoms with Crippen LogP contribution in [0.4, 0.5) is 5.82 Å². The van der Waals surface area contributed by atoms with Crippen LogP contribution in [-0.4, -0.2) is 48.3 Å². The van der Waals surface area contributed by atoms with E-state index in [2.05, 4.69) is 45.1 Å². The Labute approximate surface area is 142 Å². The number of hydrogen-bond donors (Lipinski definition) is 0. The lowest BCUT2D eigenvalue weighted by Crippen LogP contribution is -2.50. The highest BCUT2D eigenvalue weighted by atomic mass is 16.5. The molecule has 2 saturated heterocycles. The lowest BCUT2D eigenvalue weighted by molar-refractivity contribution is -0.0499. The topological polar surface area (TPSA) is 52.4 Å². The first kappa shape index (κ1) is 15.1. The lowest BCUT2D eigenvalue weighted by atomic mass is 10.1. The lowest BCUT2D eigenvalue weighted by Gasteiger charge is -2.36. The Hall–Kier alpha value is -2.42. The number of anilines is 1. The molecule has 2 aromatic rings. The van der Waals surface area contributed by atoms with Gasteiger partial charge in [0.25, 0.3) is 0 Å². The van der Waals surface area contributed by atoms with Gasteiger partial charge < -0.3 is 9.64 Å². The maximum absolute atomic E-state index is 9.33. The summed E-state index contributed by atoms with van der Waals surface area (Å²) in [4.78, 5) is 9.12. The second-order valence-corrected chi connectivity index (χ2v) is 6.32. The fourth-order valence-corrected chi connectivity index (χ4v) is 3.68. The van der Waals surface area contributed by atoms with Crippen molar-refractivity contribution >= 4 is 5.82 Å². The van der Waals surface area contributed by atoms with Crippen molar-refractivity contribution in [1.29, 1.82) is 5.26 Å². The second-order valence-electron chi connectivity index (χ2n) is 6.32. The van der Waals surface area contributed by atoms with Crippen molar-refractivity contribution in [1.82, 2.24) is 9.88 Å². The van der Waals surface area contributed by atoms with Gasteiger partial charge in [0.2, 0.25) is 0 Å². The van der Waals surface area contributed by atoms with Crippen LogP contribution >= 0.6 is 0 Å². The molecule has 0 spiro atoms. The number of ether oxygens (including phenoxy) is 1. The number of rotatable bonds is 3. The van der Waals surface area contributed by atoms with E-state index in [0.29, 0.717) is 11.6 Å². The summed E-state index contributed by atoms with van der Waals surface area (Å²) in [5.74, 6) is 0.776. The van der Waals surface area contributed by atoms with Crippen LogP contribution < -0.4 is 4.90 Å². The molecule has 3 heterocycles. The number of nitrogens with zero attached hydrogens (tertiary/aromatic N) is 4. The van der Waals surface area contributed by atoms with E-state index in [9.17, 15) is 5.26 Å². The van der Waals surface area contributed by atoms with Gasteiger partial charge in [-0.15, -0.1) is 0 Å². The molecule has 0 unspecified atom stereocenters. The van der Waals surface area contributed by atoms with Gasteiger partial charge >= 0.3 is 0 Å². The van der Waals surface area contributed by atoms with Crippen LogP contribution in [0.3, 0.4) is 0 Å². The van der Waals surface area contributed by atoms with E-state index in [1.807, 2.05) is 18.2 Å². The average molecular weight is 320 g/mol. The zero-order valence-corrected chi connectivity index (χ0v) is 13.5. The molecule has 2 aliphatic rings. The van der Waals surface area contributed by atoms with E-state index in [4.69, 9.17) is 4.74 Å². The summed E-state index contributed by atoms with van der Waals surface area (Å²) < 4.78 is 6.00. The number of hydrogen-bond acceptors (Lipinski definition) is 5. The second kappa shape index (κ2) is 6.60. The zero-order valence-electron chi connectivity index (χ0n) is 13.5. The van der Waals surface area contributed by atoms with Gasteiger partial charge in [0.15, 0.2) is 0 Å². The highest BCUT2D eigenvalue weighted by molar-refractivity contribution is 5.54. The van der Waals surface area contributed by atoms with Crippen LogP contribution in [0.1, 0.15) is 11.1 Å². The summed E-state index contributed by atoms with van der Waals surface area (Å²) in [6, 6.07) is 16.8. The fraction of sp³-hybridized carbons (Fsp3) is 0.368. The van der Waals surface area contributed by atoms with Gasteiger partial charge in [-0.1, -0.05) is 30.3 Å². The fourth-order valence-electron chi connectivity index (χ4n) is 3.68. The minimum absolute atomic E-state index is 0.177. The Morgan fingerprint density at radius 2 is 2.04 bits per heavy atom. The number of pyridine rings is 1. The molecule has 122 valence electrons. The van der Waals surface area contributed by atoms with Gasteiger partial charge in [0.05, 0.1) is 24.3 Å². The van der Waals surface area contributed by atoms with Crippen molar-refractivity contribution in [3.63, 3.8) is 0 Å². The Morgan fingerprint density at radius 3 is 2.88 bits per heavy atom. The third kappa shape index (κ3) is 2.86. The summed E-state index contributed by atoms with van der Waals surface area (Å²) in [6.45, 7) is 4.28. The van der Waals surface area contributed by atoms with E-state index >= 15 is 0 Å². The molecule has 2 fully saturated rings. The molecule has 1 aromatic carbocycles. The van der Waals surface area contributed by atoms with Crippen LogP contribution in [0, 0.1) is 11.3 Å². The molecule has 2 atom stereocenters. The van der Waals surface area contributed by atoms with Gasteiger partial charge in [-0.05, 0) is 17.7 Å². The predicted octanol–water partition coefficient (Wildman–Crippen LogP) is 2.04. The molecule has 2 aliphatic heterocycles. The van der Waals surface area contributed by atoms with E-state index in [1.165, 1.54) is 5.56 Å². The summed E-state index contributed by atoms with van der Waals surface area (Å²) in [6.07, 6.45) is 1.93. The van der Waals surface area contributed by atoms with Gasteiger partial charge in [0.1, 0.15) is 11.9 Å². The number of aromatic nitrogens is 1. The highest BCUT2D eigenvalue weighted by Crippen LogP contribution is 2.28. The SMILES string of the molecule is N#Cc1cccnc1N1C[C@H]2OCCN(Cc3ccccc3)[C@H]2C1. The van der Waals surface area contributed by atoms with Gasteiger partial charge in [-0.2, -0.15) is 5.26 Å². The predicted molar refractivity (Wildman–Crippen MR) is 91.5 cm³/mol. The molecule has 0 amide bonds. The monoisotopic (exact) mass is 320 g/mol. The van der Waals surface area contributed by atoms with Gasteiger partial charge in [-0.3, -0.25) is 4.90 Å². The van der Waals surface area contributed by atoms with Crippen LogP contribution in [0.15, 0.2) is 48.7 Å². The smallest absolute Gasteiger partial charge is 0.146 e. The third-order valence-corrected chi connectivity index (χ3v) is 4.85. The molecule has 1 aromatic heterocycles. The molecular weight excluding hydrogens is 300 g/mol. The van der Waals surface area contributed by atoms with E-state index in [1.54, 1.807) is 6.20 Å². The number of nitriles is 1. The summed E-state index contributed by atoms with van der Waals surface area (Å²) in [7, 11) is 0. The van der Waals surface area contributed by atoms with Crippen molar-refractivity contribution in [2.75, 3.05) is 31.1 Å². The minimum Gasteiger partial charge on any atom is -0.373 e. The molecule has 5 heteroatoms. The van der Waals surface area contributed by atoms with Crippen molar-refractivity contribution in [2.45, 2.75) is 18.7 Å². The summed E-state index contributed by atoms with van der Waals surface area (Å²) >= 11 is 0. The van der Waals surface area contributed by atoms with Crippen LogP contribution in [0.25, 0.3) is 0 Å². The van der Waals surface area contributed by atoms with E-state index in [-0.39, 0.29) is 6.10 Å². The number of morpholine rings is 1. The van der Waals surface area contributed by atoms with Gasteiger partial charge in [0, 0.05) is 32.4 Å². The molecule has 4 rings (SSSR count). The normalized spacial score (nSPS) is 23.7. The Balaban J connectivity index is 1.53. The summed E-state index contributed by atoms with van der Waals surface area (Å²) in [5.41, 5.74) is 1.96. The third-order valence-electron chi connectivity index (χ3n) is 4.85. The molecule has 0 N–H and O–H groups in total. The number of fused-ring (bicyclic) bond motifs is 1. The molecule has 0 aliphatic carbocycles. The van der Waals surface area contributed by atoms with Crippen molar-refractivity contribution in [3.05, 3.63) is 59.8 Å². The van der Waals surface area contributed by atoms with Crippen LogP contribution in [-0.2, 0) is 11.3 Å². The minimum atomic E-state index is 0.177. The van der Waals surface area contributed by atoms with Crippen molar-refractivity contribution in [2.24, 2.45) is 0 Å². The first-order chi connectivity index (χ1) is 11.8. The average Bonchev–Trinajstić information content (AvgIpc) is 3.08. The Bertz CT molecular complexity index is 743. The van der Waals surface area contributed by atoms with E-state index in [0.717, 1.165) is 38.6 Å². The van der Waals surface area contributed by atoms with Crippen LogP contribution in [0.2, 0.25) is 0 Å². The van der Waals surface area contributed by atoms with Gasteiger partial charge in [-0.25, -0.2) is 4.98 Å². The molecule has 24 heavy (non-hydrogen) atoms. The standard InChI is InChI=1S/C19H20N4O/c20-11-16-7-4-8-21-19(16)23-13-17-18(14-23)24-10-9-22(17)12-15-5-2-1-3-6-15/h1-8,17-18H,9-10,12-14H2/t17-,18+/m0/s1. The first-order valence-electron chi connectivity index (χ1n) is 8.35. The number of benzene rings is 1. The molecule has 5 nitrogen and oxygen atoms in total. The van der Waals surface area contributed by atoms with Crippen LogP contribution in [0.5, 0.6) is 0 Å². The maximum Gasteiger partial charge on any atom is 0.146 e. The quantitative estimate of drug-likeness (QED) is 0.866. The maximum atomic E-state index is 9.33. The largest absolute Gasteiger partial charge is 0.373 e. The summed E-state index contributed by atoms with van der Waals surface area (Å²) in [5, 5.41) is 9.33. The Morgan fingerprint density at radius 1 is 1.17 bits per heavy atom.